The van der Waals surface area contributed by atoms with Crippen molar-refractivity contribution in [3.05, 3.63) is 12.2 Å². The molecule has 2 rings (SSSR count). The zero-order valence-electron chi connectivity index (χ0n) is 10.3. The highest BCUT2D eigenvalue weighted by molar-refractivity contribution is 6.20. The molecule has 0 radical (unpaired) electrons. The molecule has 1 saturated carbocycles. The molecule has 0 saturated heterocycles. The number of nitrogens with zero attached hydrogens (tertiary/aromatic N) is 3. The fourth-order valence-electron chi connectivity index (χ4n) is 2.62. The van der Waals surface area contributed by atoms with E-state index < -0.39 is 0 Å². The van der Waals surface area contributed by atoms with Crippen LogP contribution in [0.1, 0.15) is 51.9 Å². The lowest BCUT2D eigenvalue weighted by molar-refractivity contribution is 0.316. The molecule has 90 valence electrons. The van der Waals surface area contributed by atoms with E-state index in [-0.39, 0.29) is 0 Å². The smallest absolute Gasteiger partial charge is 0.138 e. The van der Waals surface area contributed by atoms with Crippen LogP contribution in [-0.4, -0.2) is 20.1 Å². The molecule has 1 fully saturated rings. The van der Waals surface area contributed by atoms with Crippen LogP contribution in [0.15, 0.2) is 6.33 Å². The number of hydrogen-bond donors (Lipinski definition) is 0. The second-order valence-electron chi connectivity index (χ2n) is 5.54. The lowest BCUT2D eigenvalue weighted by Gasteiger charge is -2.23. The van der Waals surface area contributed by atoms with Crippen molar-refractivity contribution in [1.82, 2.24) is 14.8 Å². The summed E-state index contributed by atoms with van der Waals surface area (Å²) < 4.78 is 2.02. The average Bonchev–Trinajstić information content (AvgIpc) is 2.74. The van der Waals surface area contributed by atoms with E-state index in [2.05, 4.69) is 30.9 Å². The zero-order chi connectivity index (χ0) is 11.8. The summed E-state index contributed by atoms with van der Waals surface area (Å²) in [5.74, 6) is 1.10. The second-order valence-corrected chi connectivity index (χ2v) is 6.16. The maximum atomic E-state index is 6.20. The predicted molar refractivity (Wildman–Crippen MR) is 65.7 cm³/mol. The van der Waals surface area contributed by atoms with Crippen molar-refractivity contribution in [2.24, 2.45) is 5.41 Å². The van der Waals surface area contributed by atoms with Crippen LogP contribution < -0.4 is 0 Å². The second kappa shape index (κ2) is 4.36. The third kappa shape index (κ3) is 2.40. The Balaban J connectivity index is 2.11. The number of rotatable bonds is 3. The van der Waals surface area contributed by atoms with E-state index in [1.165, 1.54) is 6.42 Å². The Morgan fingerprint density at radius 3 is 2.94 bits per heavy atom. The Kier molecular flexibility index (Phi) is 3.24. The molecule has 0 aromatic carbocycles. The first kappa shape index (κ1) is 11.9. The first-order chi connectivity index (χ1) is 7.50. The molecule has 16 heavy (non-hydrogen) atoms. The summed E-state index contributed by atoms with van der Waals surface area (Å²) in [5.41, 5.74) is 0.312. The Morgan fingerprint density at radius 2 is 2.38 bits per heavy atom. The molecule has 0 spiro atoms. The third-order valence-corrected chi connectivity index (χ3v) is 3.87. The molecule has 1 aliphatic carbocycles. The Hall–Kier alpha value is -0.570. The Labute approximate surface area is 102 Å². The van der Waals surface area contributed by atoms with Crippen LogP contribution in [0.3, 0.4) is 0 Å². The molecule has 0 N–H and O–H groups in total. The summed E-state index contributed by atoms with van der Waals surface area (Å²) in [7, 11) is 0. The van der Waals surface area contributed by atoms with Crippen LogP contribution in [0, 0.1) is 5.41 Å². The van der Waals surface area contributed by atoms with Gasteiger partial charge in [0.15, 0.2) is 0 Å². The van der Waals surface area contributed by atoms with Gasteiger partial charge in [-0.3, -0.25) is 0 Å². The standard InChI is InChI=1S/C12H20ClN3/c1-9(2)16-11(14-8-15-16)7-12(3)5-4-10(13)6-12/h8-10H,4-7H2,1-3H3. The van der Waals surface area contributed by atoms with E-state index in [0.717, 1.165) is 25.1 Å². The quantitative estimate of drug-likeness (QED) is 0.761. The van der Waals surface area contributed by atoms with E-state index in [9.17, 15) is 0 Å². The molecule has 2 unspecified atom stereocenters. The first-order valence-corrected chi connectivity index (χ1v) is 6.46. The summed E-state index contributed by atoms with van der Waals surface area (Å²) in [5, 5.41) is 4.63. The summed E-state index contributed by atoms with van der Waals surface area (Å²) in [6.07, 6.45) is 6.08. The van der Waals surface area contributed by atoms with E-state index >= 15 is 0 Å². The van der Waals surface area contributed by atoms with Gasteiger partial charge in [0.2, 0.25) is 0 Å². The van der Waals surface area contributed by atoms with Gasteiger partial charge in [0.1, 0.15) is 12.2 Å². The number of aromatic nitrogens is 3. The molecule has 1 aromatic rings. The molecule has 1 aromatic heterocycles. The fourth-order valence-corrected chi connectivity index (χ4v) is 3.10. The van der Waals surface area contributed by atoms with Crippen LogP contribution in [0.2, 0.25) is 0 Å². The molecule has 1 aliphatic rings. The highest BCUT2D eigenvalue weighted by Gasteiger charge is 2.35. The van der Waals surface area contributed by atoms with Gasteiger partial charge in [0.25, 0.3) is 0 Å². The number of hydrogen-bond acceptors (Lipinski definition) is 2. The minimum absolute atomic E-state index is 0.312. The van der Waals surface area contributed by atoms with Crippen LogP contribution in [0.4, 0.5) is 0 Å². The molecule has 1 heterocycles. The van der Waals surface area contributed by atoms with Crippen molar-refractivity contribution >= 4 is 11.6 Å². The van der Waals surface area contributed by atoms with E-state index in [4.69, 9.17) is 11.6 Å². The SMILES string of the molecule is CC(C)n1ncnc1CC1(C)CCC(Cl)C1. The molecule has 4 heteroatoms. The van der Waals surface area contributed by atoms with Crippen molar-refractivity contribution in [3.63, 3.8) is 0 Å². The molecular formula is C12H20ClN3. The van der Waals surface area contributed by atoms with E-state index in [0.29, 0.717) is 16.8 Å². The average molecular weight is 242 g/mol. The summed E-state index contributed by atoms with van der Waals surface area (Å²) in [4.78, 5) is 4.38. The van der Waals surface area contributed by atoms with Gasteiger partial charge in [0.05, 0.1) is 0 Å². The van der Waals surface area contributed by atoms with E-state index in [1.54, 1.807) is 6.33 Å². The molecule has 3 nitrogen and oxygen atoms in total. The Morgan fingerprint density at radius 1 is 1.62 bits per heavy atom. The molecule has 2 atom stereocenters. The number of alkyl halides is 1. The lowest BCUT2D eigenvalue weighted by atomic mass is 9.85. The molecule has 0 bridgehead atoms. The van der Waals surface area contributed by atoms with Crippen LogP contribution >= 0.6 is 11.6 Å². The van der Waals surface area contributed by atoms with Crippen LogP contribution in [0.5, 0.6) is 0 Å². The monoisotopic (exact) mass is 241 g/mol. The summed E-state index contributed by atoms with van der Waals surface area (Å²) >= 11 is 6.20. The van der Waals surface area contributed by atoms with Crippen molar-refractivity contribution in [2.45, 2.75) is 57.9 Å². The van der Waals surface area contributed by atoms with Gasteiger partial charge in [-0.05, 0) is 38.5 Å². The summed E-state index contributed by atoms with van der Waals surface area (Å²) in [6, 6.07) is 0.384. The topological polar surface area (TPSA) is 30.7 Å². The van der Waals surface area contributed by atoms with Crippen molar-refractivity contribution < 1.29 is 0 Å². The van der Waals surface area contributed by atoms with Gasteiger partial charge in [-0.15, -0.1) is 11.6 Å². The Bertz CT molecular complexity index is 361. The molecular weight excluding hydrogens is 222 g/mol. The van der Waals surface area contributed by atoms with Crippen molar-refractivity contribution in [3.8, 4) is 0 Å². The predicted octanol–water partition coefficient (Wildman–Crippen LogP) is 3.20. The molecule has 0 aliphatic heterocycles. The van der Waals surface area contributed by atoms with Gasteiger partial charge in [-0.1, -0.05) is 6.92 Å². The van der Waals surface area contributed by atoms with Gasteiger partial charge >= 0.3 is 0 Å². The number of halogens is 1. The highest BCUT2D eigenvalue weighted by Crippen LogP contribution is 2.42. The van der Waals surface area contributed by atoms with Crippen molar-refractivity contribution in [1.29, 1.82) is 0 Å². The van der Waals surface area contributed by atoms with Gasteiger partial charge in [-0.2, -0.15) is 5.10 Å². The highest BCUT2D eigenvalue weighted by atomic mass is 35.5. The minimum Gasteiger partial charge on any atom is -0.248 e. The zero-order valence-corrected chi connectivity index (χ0v) is 11.0. The van der Waals surface area contributed by atoms with E-state index in [1.807, 2.05) is 4.68 Å². The normalized spacial score (nSPS) is 30.2. The van der Waals surface area contributed by atoms with Gasteiger partial charge < -0.3 is 0 Å². The van der Waals surface area contributed by atoms with Crippen LogP contribution in [0.25, 0.3) is 0 Å². The maximum absolute atomic E-state index is 6.20. The van der Waals surface area contributed by atoms with Gasteiger partial charge in [0, 0.05) is 17.8 Å². The van der Waals surface area contributed by atoms with Gasteiger partial charge in [-0.25, -0.2) is 9.67 Å². The minimum atomic E-state index is 0.312. The third-order valence-electron chi connectivity index (χ3n) is 3.50. The van der Waals surface area contributed by atoms with Crippen molar-refractivity contribution in [2.75, 3.05) is 0 Å². The largest absolute Gasteiger partial charge is 0.248 e. The molecule has 0 amide bonds. The van der Waals surface area contributed by atoms with Crippen LogP contribution in [-0.2, 0) is 6.42 Å². The lowest BCUT2D eigenvalue weighted by Crippen LogP contribution is -2.20. The fraction of sp³-hybridized carbons (Fsp3) is 0.833. The summed E-state index contributed by atoms with van der Waals surface area (Å²) in [6.45, 7) is 6.59. The first-order valence-electron chi connectivity index (χ1n) is 6.03. The maximum Gasteiger partial charge on any atom is 0.138 e.